The van der Waals surface area contributed by atoms with Gasteiger partial charge >= 0.3 is 12.1 Å². The highest BCUT2D eigenvalue weighted by Gasteiger charge is 2.38. The number of aliphatic hydroxyl groups excluding tert-OH is 1. The van der Waals surface area contributed by atoms with E-state index in [0.29, 0.717) is 48.9 Å². The third-order valence-corrected chi connectivity index (χ3v) is 6.76. The van der Waals surface area contributed by atoms with Crippen LogP contribution in [0.25, 0.3) is 11.1 Å². The van der Waals surface area contributed by atoms with Crippen molar-refractivity contribution < 1.29 is 37.4 Å². The van der Waals surface area contributed by atoms with Crippen LogP contribution in [0, 0.1) is 11.7 Å². The molecule has 0 saturated carbocycles. The predicted octanol–water partition coefficient (Wildman–Crippen LogP) is 5.20. The molecule has 1 amide bonds. The van der Waals surface area contributed by atoms with Crippen molar-refractivity contribution in [3.63, 3.8) is 0 Å². The SMILES string of the molecule is O=C(O)C(F)(F)F.O=C1[C@H](Cc2c(Cl)cc(-c3ccc(F)cc3)cc2Cl)CCN1N1CCC(O)CC1. The Morgan fingerprint density at radius 2 is 1.50 bits per heavy atom. The van der Waals surface area contributed by atoms with Crippen LogP contribution < -0.4 is 0 Å². The fraction of sp³-hybridized carbons (Fsp3) is 0.417. The number of benzene rings is 2. The fourth-order valence-electron chi connectivity index (χ4n) is 4.14. The zero-order valence-corrected chi connectivity index (χ0v) is 20.5. The number of aliphatic hydroxyl groups is 1. The predicted molar refractivity (Wildman–Crippen MR) is 126 cm³/mol. The van der Waals surface area contributed by atoms with Gasteiger partial charge in [0.25, 0.3) is 0 Å². The quantitative estimate of drug-likeness (QED) is 0.511. The van der Waals surface area contributed by atoms with Crippen LogP contribution in [0.3, 0.4) is 0 Å². The second kappa shape index (κ2) is 11.8. The highest BCUT2D eigenvalue weighted by molar-refractivity contribution is 6.36. The molecule has 2 N–H and O–H groups in total. The van der Waals surface area contributed by atoms with Crippen LogP contribution >= 0.6 is 23.2 Å². The summed E-state index contributed by atoms with van der Waals surface area (Å²) in [6.45, 7) is 2.09. The summed E-state index contributed by atoms with van der Waals surface area (Å²) in [5.41, 5.74) is 2.42. The summed E-state index contributed by atoms with van der Waals surface area (Å²) in [5.74, 6) is -3.12. The van der Waals surface area contributed by atoms with Gasteiger partial charge in [-0.05, 0) is 66.6 Å². The maximum Gasteiger partial charge on any atom is 0.490 e. The molecule has 0 radical (unpaired) electrons. The number of hydrogen-bond donors (Lipinski definition) is 2. The van der Waals surface area contributed by atoms with Crippen LogP contribution in [0.4, 0.5) is 17.6 Å². The van der Waals surface area contributed by atoms with Gasteiger partial charge in [0.1, 0.15) is 5.82 Å². The molecule has 2 aromatic rings. The number of carboxylic acids is 1. The molecule has 1 atom stereocenters. The van der Waals surface area contributed by atoms with Gasteiger partial charge < -0.3 is 10.2 Å². The number of nitrogens with zero attached hydrogens (tertiary/aromatic N) is 2. The summed E-state index contributed by atoms with van der Waals surface area (Å²) >= 11 is 13.0. The molecule has 2 aliphatic rings. The Bertz CT molecular complexity index is 1070. The van der Waals surface area contributed by atoms with E-state index in [-0.39, 0.29) is 23.7 Å². The number of halogens is 6. The molecule has 0 aromatic heterocycles. The summed E-state index contributed by atoms with van der Waals surface area (Å²) in [7, 11) is 0. The molecule has 2 saturated heterocycles. The van der Waals surface area contributed by atoms with Crippen LogP contribution in [0.1, 0.15) is 24.8 Å². The van der Waals surface area contributed by atoms with Gasteiger partial charge in [0.2, 0.25) is 5.91 Å². The van der Waals surface area contributed by atoms with Crippen LogP contribution in [0.2, 0.25) is 10.0 Å². The molecule has 0 unspecified atom stereocenters. The number of carboxylic acid groups (broad SMARTS) is 1. The van der Waals surface area contributed by atoms with Gasteiger partial charge in [0.15, 0.2) is 0 Å². The van der Waals surface area contributed by atoms with E-state index < -0.39 is 12.1 Å². The highest BCUT2D eigenvalue weighted by atomic mass is 35.5. The monoisotopic (exact) mass is 550 g/mol. The maximum atomic E-state index is 13.2. The van der Waals surface area contributed by atoms with Crippen LogP contribution in [0.5, 0.6) is 0 Å². The van der Waals surface area contributed by atoms with Gasteiger partial charge in [-0.25, -0.2) is 14.2 Å². The van der Waals surface area contributed by atoms with Gasteiger partial charge in [-0.15, -0.1) is 0 Å². The summed E-state index contributed by atoms with van der Waals surface area (Å²) in [4.78, 5) is 21.8. The molecule has 2 heterocycles. The minimum atomic E-state index is -5.08. The molecule has 2 aromatic carbocycles. The van der Waals surface area contributed by atoms with Crippen molar-refractivity contribution >= 4 is 35.1 Å². The van der Waals surface area contributed by atoms with E-state index >= 15 is 0 Å². The zero-order valence-electron chi connectivity index (χ0n) is 18.9. The largest absolute Gasteiger partial charge is 0.490 e. The van der Waals surface area contributed by atoms with Gasteiger partial charge in [-0.3, -0.25) is 9.80 Å². The molecule has 2 fully saturated rings. The molecular weight excluding hydrogens is 527 g/mol. The Hall–Kier alpha value is -2.40. The van der Waals surface area contributed by atoms with E-state index in [9.17, 15) is 27.5 Å². The molecule has 0 aliphatic carbocycles. The summed E-state index contributed by atoms with van der Waals surface area (Å²) < 4.78 is 44.9. The lowest BCUT2D eigenvalue weighted by atomic mass is 9.95. The molecule has 0 spiro atoms. The van der Waals surface area contributed by atoms with E-state index in [4.69, 9.17) is 33.1 Å². The minimum absolute atomic E-state index is 0.0936. The normalized spacial score (nSPS) is 19.2. The Balaban J connectivity index is 0.000000454. The van der Waals surface area contributed by atoms with E-state index in [0.717, 1.165) is 23.1 Å². The van der Waals surface area contributed by atoms with E-state index in [1.54, 1.807) is 12.1 Å². The van der Waals surface area contributed by atoms with Crippen molar-refractivity contribution in [3.8, 4) is 11.1 Å². The molecule has 6 nitrogen and oxygen atoms in total. The molecular formula is C24H24Cl2F4N2O4. The number of hydrazine groups is 1. The Kier molecular flexibility index (Phi) is 9.21. The van der Waals surface area contributed by atoms with Crippen molar-refractivity contribution in [3.05, 3.63) is 57.8 Å². The first-order valence-corrected chi connectivity index (χ1v) is 11.9. The van der Waals surface area contributed by atoms with Gasteiger partial charge in [0.05, 0.1) is 6.10 Å². The summed E-state index contributed by atoms with van der Waals surface area (Å²) in [6, 6.07) is 9.81. The van der Waals surface area contributed by atoms with E-state index in [1.165, 1.54) is 12.1 Å². The second-order valence-electron chi connectivity index (χ2n) is 8.56. The number of carbonyl (C=O) groups is 2. The molecule has 36 heavy (non-hydrogen) atoms. The number of aliphatic carboxylic acids is 1. The van der Waals surface area contributed by atoms with Crippen LogP contribution in [-0.4, -0.2) is 64.0 Å². The highest BCUT2D eigenvalue weighted by Crippen LogP contribution is 2.35. The third kappa shape index (κ3) is 7.09. The molecule has 196 valence electrons. The molecule has 4 rings (SSSR count). The van der Waals surface area contributed by atoms with Gasteiger partial charge in [-0.1, -0.05) is 35.3 Å². The van der Waals surface area contributed by atoms with Crippen molar-refractivity contribution in [2.75, 3.05) is 19.6 Å². The van der Waals surface area contributed by atoms with Crippen molar-refractivity contribution in [1.82, 2.24) is 10.0 Å². The average Bonchev–Trinajstić information content (AvgIpc) is 3.17. The maximum absolute atomic E-state index is 13.2. The lowest BCUT2D eigenvalue weighted by molar-refractivity contribution is -0.192. The summed E-state index contributed by atoms with van der Waals surface area (Å²) in [6.07, 6.45) is -2.72. The third-order valence-electron chi connectivity index (χ3n) is 6.09. The van der Waals surface area contributed by atoms with Crippen LogP contribution in [0.15, 0.2) is 36.4 Å². The zero-order chi connectivity index (χ0) is 26.6. The molecule has 12 heteroatoms. The smallest absolute Gasteiger partial charge is 0.475 e. The van der Waals surface area contributed by atoms with Crippen LogP contribution in [-0.2, 0) is 16.0 Å². The number of amides is 1. The van der Waals surface area contributed by atoms with E-state index in [2.05, 4.69) is 5.01 Å². The minimum Gasteiger partial charge on any atom is -0.475 e. The first kappa shape index (κ1) is 28.2. The first-order valence-electron chi connectivity index (χ1n) is 11.1. The number of carbonyl (C=O) groups excluding carboxylic acids is 1. The summed E-state index contributed by atoms with van der Waals surface area (Å²) in [5, 5.41) is 21.7. The number of rotatable bonds is 4. The lowest BCUT2D eigenvalue weighted by Crippen LogP contribution is -2.49. The number of alkyl halides is 3. The molecule has 2 aliphatic heterocycles. The Labute approximate surface area is 215 Å². The van der Waals surface area contributed by atoms with Crippen molar-refractivity contribution in [2.24, 2.45) is 5.92 Å². The average molecular weight is 551 g/mol. The number of hydrogen-bond acceptors (Lipinski definition) is 4. The number of piperidine rings is 1. The Morgan fingerprint density at radius 3 is 2.00 bits per heavy atom. The van der Waals surface area contributed by atoms with Gasteiger partial charge in [0, 0.05) is 35.6 Å². The first-order chi connectivity index (χ1) is 16.9. The lowest BCUT2D eigenvalue weighted by Gasteiger charge is -2.36. The topological polar surface area (TPSA) is 81.1 Å². The fourth-order valence-corrected chi connectivity index (χ4v) is 4.78. The second-order valence-corrected chi connectivity index (χ2v) is 9.38. The Morgan fingerprint density at radius 1 is 0.972 bits per heavy atom. The van der Waals surface area contributed by atoms with Gasteiger partial charge in [-0.2, -0.15) is 13.2 Å². The van der Waals surface area contributed by atoms with E-state index in [1.807, 2.05) is 17.1 Å². The van der Waals surface area contributed by atoms with Crippen molar-refractivity contribution in [1.29, 1.82) is 0 Å². The van der Waals surface area contributed by atoms with Crippen molar-refractivity contribution in [2.45, 2.75) is 38.0 Å². The molecule has 0 bridgehead atoms. The standard InChI is InChI=1S/C22H23Cl2FN2O2.C2HF3O2/c23-20-12-16(14-1-3-17(25)4-2-14)13-21(24)19(20)11-15-5-10-27(22(15)29)26-8-6-18(28)7-9-26;3-2(4,5)1(6)7/h1-4,12-13,15,18,28H,5-11H2;(H,6,7)/t15-;/m0./s1.